The Labute approximate surface area is 120 Å². The zero-order valence-corrected chi connectivity index (χ0v) is 13.0. The van der Waals surface area contributed by atoms with Crippen molar-refractivity contribution in [2.24, 2.45) is 0 Å². The van der Waals surface area contributed by atoms with E-state index in [1.165, 1.54) is 0 Å². The van der Waals surface area contributed by atoms with Crippen LogP contribution in [-0.2, 0) is 11.3 Å². The molecule has 1 aromatic heterocycles. The Morgan fingerprint density at radius 1 is 1.42 bits per heavy atom. The van der Waals surface area contributed by atoms with E-state index >= 15 is 0 Å². The highest BCUT2D eigenvalue weighted by Gasteiger charge is 2.27. The van der Waals surface area contributed by atoms with Crippen molar-refractivity contribution in [1.29, 1.82) is 0 Å². The molecule has 1 aliphatic heterocycles. The van der Waals surface area contributed by atoms with Crippen LogP contribution < -0.4 is 5.32 Å². The molecule has 4 nitrogen and oxygen atoms in total. The van der Waals surface area contributed by atoms with Gasteiger partial charge < -0.3 is 10.1 Å². The lowest BCUT2D eigenvalue weighted by Gasteiger charge is -2.23. The van der Waals surface area contributed by atoms with E-state index in [0.717, 1.165) is 36.6 Å². The van der Waals surface area contributed by atoms with E-state index < -0.39 is 0 Å². The van der Waals surface area contributed by atoms with Crippen molar-refractivity contribution in [3.63, 3.8) is 0 Å². The summed E-state index contributed by atoms with van der Waals surface area (Å²) in [4.78, 5) is 0. The Bertz CT molecular complexity index is 425. The number of rotatable bonds is 4. The summed E-state index contributed by atoms with van der Waals surface area (Å²) in [6.07, 6.45) is 4.47. The Morgan fingerprint density at radius 3 is 2.68 bits per heavy atom. The van der Waals surface area contributed by atoms with Gasteiger partial charge in [0.1, 0.15) is 0 Å². The van der Waals surface area contributed by atoms with Gasteiger partial charge in [0.25, 0.3) is 0 Å². The minimum Gasteiger partial charge on any atom is -0.372 e. The van der Waals surface area contributed by atoms with Crippen molar-refractivity contribution in [2.75, 3.05) is 6.54 Å². The molecule has 1 aliphatic rings. The van der Waals surface area contributed by atoms with E-state index in [2.05, 4.69) is 31.2 Å². The molecule has 108 valence electrons. The van der Waals surface area contributed by atoms with E-state index in [9.17, 15) is 0 Å². The molecule has 2 heterocycles. The number of nitrogens with one attached hydrogen (secondary N) is 1. The minimum atomic E-state index is 0.146. The van der Waals surface area contributed by atoms with Crippen LogP contribution in [-0.4, -0.2) is 34.1 Å². The van der Waals surface area contributed by atoms with Crippen molar-refractivity contribution in [2.45, 2.75) is 64.8 Å². The molecule has 0 bridgehead atoms. The maximum atomic E-state index is 6.06. The molecule has 5 heteroatoms. The average Bonchev–Trinajstić information content (AvgIpc) is 2.88. The largest absolute Gasteiger partial charge is 0.372 e. The standard InChI is InChI=1S/C14H24ClN3O/c1-10-13(15)8-17-18(10)9-12-6-5-11(19-12)7-16-14(2,3)4/h8,11-12,16H,5-7,9H2,1-4H3. The van der Waals surface area contributed by atoms with Gasteiger partial charge in [-0.25, -0.2) is 0 Å². The normalized spacial score (nSPS) is 24.1. The van der Waals surface area contributed by atoms with Crippen LogP contribution in [0.5, 0.6) is 0 Å². The Kier molecular flexibility index (Phi) is 4.54. The SMILES string of the molecule is Cc1c(Cl)cnn1CC1CCC(CNC(C)(C)C)O1. The predicted octanol–water partition coefficient (Wildman–Crippen LogP) is 2.78. The molecule has 0 amide bonds. The van der Waals surface area contributed by atoms with Crippen LogP contribution >= 0.6 is 11.6 Å². The molecule has 1 saturated heterocycles. The van der Waals surface area contributed by atoms with Crippen molar-refractivity contribution < 1.29 is 4.74 Å². The third-order valence-corrected chi connectivity index (χ3v) is 3.85. The molecule has 2 atom stereocenters. The molecule has 0 radical (unpaired) electrons. The molecule has 2 rings (SSSR count). The summed E-state index contributed by atoms with van der Waals surface area (Å²) in [7, 11) is 0. The summed E-state index contributed by atoms with van der Waals surface area (Å²) in [5, 5.41) is 8.50. The van der Waals surface area contributed by atoms with Crippen LogP contribution in [0.3, 0.4) is 0 Å². The topological polar surface area (TPSA) is 39.1 Å². The van der Waals surface area contributed by atoms with Gasteiger partial charge in [-0.1, -0.05) is 11.6 Å². The van der Waals surface area contributed by atoms with E-state index in [-0.39, 0.29) is 11.6 Å². The fraction of sp³-hybridized carbons (Fsp3) is 0.786. The van der Waals surface area contributed by atoms with E-state index in [1.54, 1.807) is 6.20 Å². The van der Waals surface area contributed by atoms with Crippen molar-refractivity contribution in [3.8, 4) is 0 Å². The Balaban J connectivity index is 1.81. The fourth-order valence-electron chi connectivity index (χ4n) is 2.29. The first-order valence-electron chi connectivity index (χ1n) is 6.93. The lowest BCUT2D eigenvalue weighted by molar-refractivity contribution is 0.0309. The number of nitrogens with zero attached hydrogens (tertiary/aromatic N) is 2. The summed E-state index contributed by atoms with van der Waals surface area (Å²) in [6.45, 7) is 10.2. The first kappa shape index (κ1) is 14.8. The number of hydrogen-bond acceptors (Lipinski definition) is 3. The molecule has 0 saturated carbocycles. The first-order valence-corrected chi connectivity index (χ1v) is 7.31. The van der Waals surface area contributed by atoms with E-state index in [0.29, 0.717) is 6.10 Å². The van der Waals surface area contributed by atoms with Gasteiger partial charge in [0.15, 0.2) is 0 Å². The van der Waals surface area contributed by atoms with Gasteiger partial charge >= 0.3 is 0 Å². The molecule has 2 unspecified atom stereocenters. The second kappa shape index (κ2) is 5.81. The summed E-state index contributed by atoms with van der Waals surface area (Å²) in [6, 6.07) is 0. The average molecular weight is 286 g/mol. The van der Waals surface area contributed by atoms with Gasteiger partial charge in [-0.15, -0.1) is 0 Å². The maximum Gasteiger partial charge on any atom is 0.0814 e. The third kappa shape index (κ3) is 4.20. The van der Waals surface area contributed by atoms with Gasteiger partial charge in [-0.3, -0.25) is 4.68 Å². The van der Waals surface area contributed by atoms with E-state index in [4.69, 9.17) is 16.3 Å². The zero-order valence-electron chi connectivity index (χ0n) is 12.2. The molecular formula is C14H24ClN3O. The highest BCUT2D eigenvalue weighted by molar-refractivity contribution is 6.31. The van der Waals surface area contributed by atoms with Crippen molar-refractivity contribution >= 4 is 11.6 Å². The Morgan fingerprint density at radius 2 is 2.11 bits per heavy atom. The molecule has 1 aromatic rings. The van der Waals surface area contributed by atoms with Gasteiger partial charge in [0, 0.05) is 12.1 Å². The molecule has 1 N–H and O–H groups in total. The number of halogens is 1. The Hall–Kier alpha value is -0.580. The van der Waals surface area contributed by atoms with Gasteiger partial charge in [-0.05, 0) is 40.5 Å². The zero-order chi connectivity index (χ0) is 14.0. The maximum absolute atomic E-state index is 6.06. The van der Waals surface area contributed by atoms with Gasteiger partial charge in [-0.2, -0.15) is 5.10 Å². The number of aromatic nitrogens is 2. The second-order valence-corrected chi connectivity index (χ2v) is 6.76. The third-order valence-electron chi connectivity index (χ3n) is 3.48. The minimum absolute atomic E-state index is 0.146. The molecular weight excluding hydrogens is 262 g/mol. The highest BCUT2D eigenvalue weighted by atomic mass is 35.5. The number of ether oxygens (including phenoxy) is 1. The summed E-state index contributed by atoms with van der Waals surface area (Å²) >= 11 is 6.01. The van der Waals surface area contributed by atoms with Crippen LogP contribution in [0.25, 0.3) is 0 Å². The van der Waals surface area contributed by atoms with Crippen LogP contribution in [0.1, 0.15) is 39.3 Å². The highest BCUT2D eigenvalue weighted by Crippen LogP contribution is 2.22. The number of hydrogen-bond donors (Lipinski definition) is 1. The first-order chi connectivity index (χ1) is 8.85. The van der Waals surface area contributed by atoms with Crippen molar-refractivity contribution in [1.82, 2.24) is 15.1 Å². The predicted molar refractivity (Wildman–Crippen MR) is 77.6 cm³/mol. The van der Waals surface area contributed by atoms with Crippen LogP contribution in [0.15, 0.2) is 6.20 Å². The second-order valence-electron chi connectivity index (χ2n) is 6.35. The lowest BCUT2D eigenvalue weighted by Crippen LogP contribution is -2.41. The molecule has 0 aromatic carbocycles. The lowest BCUT2D eigenvalue weighted by atomic mass is 10.1. The quantitative estimate of drug-likeness (QED) is 0.925. The molecule has 19 heavy (non-hydrogen) atoms. The van der Waals surface area contributed by atoms with Crippen LogP contribution in [0, 0.1) is 6.92 Å². The molecule has 1 fully saturated rings. The molecule has 0 spiro atoms. The van der Waals surface area contributed by atoms with Crippen molar-refractivity contribution in [3.05, 3.63) is 16.9 Å². The van der Waals surface area contributed by atoms with Crippen LogP contribution in [0.4, 0.5) is 0 Å². The smallest absolute Gasteiger partial charge is 0.0814 e. The summed E-state index contributed by atoms with van der Waals surface area (Å²) in [5.41, 5.74) is 1.16. The fourth-order valence-corrected chi connectivity index (χ4v) is 2.43. The summed E-state index contributed by atoms with van der Waals surface area (Å²) in [5.74, 6) is 0. The monoisotopic (exact) mass is 285 g/mol. The van der Waals surface area contributed by atoms with Gasteiger partial charge in [0.05, 0.1) is 35.7 Å². The summed E-state index contributed by atoms with van der Waals surface area (Å²) < 4.78 is 8.00. The van der Waals surface area contributed by atoms with Crippen LogP contribution in [0.2, 0.25) is 5.02 Å². The van der Waals surface area contributed by atoms with E-state index in [1.807, 2.05) is 11.6 Å². The van der Waals surface area contributed by atoms with Gasteiger partial charge in [0.2, 0.25) is 0 Å². The molecule has 0 aliphatic carbocycles.